The molecule has 4 heteroatoms. The zero-order valence-corrected chi connectivity index (χ0v) is 16.5. The van der Waals surface area contributed by atoms with Crippen molar-refractivity contribution in [2.75, 3.05) is 5.32 Å². The lowest BCUT2D eigenvalue weighted by atomic mass is 9.80. The van der Waals surface area contributed by atoms with Gasteiger partial charge in [-0.25, -0.2) is 0 Å². The molecule has 1 aliphatic rings. The van der Waals surface area contributed by atoms with Crippen molar-refractivity contribution in [3.8, 4) is 0 Å². The number of amides is 2. The molecule has 1 saturated carbocycles. The Morgan fingerprint density at radius 3 is 1.76 bits per heavy atom. The number of anilines is 1. The Hall–Kier alpha value is -1.84. The Balaban J connectivity index is 1.93. The molecular weight excluding hydrogens is 312 g/mol. The molecule has 1 fully saturated rings. The van der Waals surface area contributed by atoms with Gasteiger partial charge >= 0.3 is 0 Å². The molecule has 138 valence electrons. The Labute approximate surface area is 151 Å². The Morgan fingerprint density at radius 2 is 1.32 bits per heavy atom. The smallest absolute Gasteiger partial charge is 0.227 e. The third-order valence-electron chi connectivity index (χ3n) is 4.89. The highest BCUT2D eigenvalue weighted by Gasteiger charge is 2.31. The van der Waals surface area contributed by atoms with Crippen LogP contribution in [0.25, 0.3) is 0 Å². The van der Waals surface area contributed by atoms with Crippen LogP contribution in [0.2, 0.25) is 0 Å². The van der Waals surface area contributed by atoms with Crippen LogP contribution in [-0.4, -0.2) is 17.4 Å². The summed E-state index contributed by atoms with van der Waals surface area (Å²) in [5, 5.41) is 6.17. The lowest BCUT2D eigenvalue weighted by Crippen LogP contribution is -2.45. The van der Waals surface area contributed by atoms with Crippen molar-refractivity contribution in [3.63, 3.8) is 0 Å². The van der Waals surface area contributed by atoms with Gasteiger partial charge in [0.05, 0.1) is 0 Å². The first kappa shape index (κ1) is 19.5. The van der Waals surface area contributed by atoms with Gasteiger partial charge in [-0.1, -0.05) is 17.7 Å². The molecular formula is C21H32N2O2. The SMILES string of the molecule is Cc1cc(C)c(NC(=O)C2CCC(C(=O)NC(C)(C)C)CC2)c(C)c1. The zero-order chi connectivity index (χ0) is 18.8. The van der Waals surface area contributed by atoms with Crippen LogP contribution in [0.15, 0.2) is 12.1 Å². The van der Waals surface area contributed by atoms with Crippen LogP contribution < -0.4 is 10.6 Å². The fraction of sp³-hybridized carbons (Fsp3) is 0.619. The second-order valence-electron chi connectivity index (χ2n) is 8.55. The fourth-order valence-electron chi connectivity index (χ4n) is 3.69. The van der Waals surface area contributed by atoms with Gasteiger partial charge < -0.3 is 10.6 Å². The van der Waals surface area contributed by atoms with E-state index in [1.807, 2.05) is 34.6 Å². The first-order valence-electron chi connectivity index (χ1n) is 9.27. The molecule has 1 aromatic rings. The number of carbonyl (C=O) groups excluding carboxylic acids is 2. The summed E-state index contributed by atoms with van der Waals surface area (Å²) in [6.45, 7) is 12.1. The molecule has 0 aromatic heterocycles. The molecule has 1 aliphatic carbocycles. The van der Waals surface area contributed by atoms with Gasteiger partial charge in [-0.05, 0) is 78.4 Å². The van der Waals surface area contributed by atoms with E-state index in [2.05, 4.69) is 29.7 Å². The summed E-state index contributed by atoms with van der Waals surface area (Å²) in [4.78, 5) is 24.9. The average Bonchev–Trinajstić information content (AvgIpc) is 2.49. The molecule has 2 N–H and O–H groups in total. The topological polar surface area (TPSA) is 58.2 Å². The molecule has 0 spiro atoms. The summed E-state index contributed by atoms with van der Waals surface area (Å²) in [7, 11) is 0. The highest BCUT2D eigenvalue weighted by atomic mass is 16.2. The molecule has 2 amide bonds. The van der Waals surface area contributed by atoms with Crippen LogP contribution in [0.4, 0.5) is 5.69 Å². The molecule has 0 saturated heterocycles. The van der Waals surface area contributed by atoms with Crippen molar-refractivity contribution in [2.45, 2.75) is 72.8 Å². The second-order valence-corrected chi connectivity index (χ2v) is 8.55. The van der Waals surface area contributed by atoms with E-state index in [1.54, 1.807) is 0 Å². The number of carbonyl (C=O) groups is 2. The first-order valence-corrected chi connectivity index (χ1v) is 9.27. The molecule has 1 aromatic carbocycles. The maximum Gasteiger partial charge on any atom is 0.227 e. The van der Waals surface area contributed by atoms with Gasteiger partial charge in [0.1, 0.15) is 0 Å². The van der Waals surface area contributed by atoms with Gasteiger partial charge in [0.2, 0.25) is 11.8 Å². The van der Waals surface area contributed by atoms with Crippen molar-refractivity contribution in [1.29, 1.82) is 0 Å². The first-order chi connectivity index (χ1) is 11.6. The molecule has 0 unspecified atom stereocenters. The van der Waals surface area contributed by atoms with Gasteiger partial charge in [-0.15, -0.1) is 0 Å². The van der Waals surface area contributed by atoms with Crippen LogP contribution in [0.3, 0.4) is 0 Å². The van der Waals surface area contributed by atoms with E-state index in [-0.39, 0.29) is 29.2 Å². The number of hydrogen-bond donors (Lipinski definition) is 2. The number of nitrogens with one attached hydrogen (secondary N) is 2. The van der Waals surface area contributed by atoms with E-state index < -0.39 is 0 Å². The maximum absolute atomic E-state index is 12.7. The average molecular weight is 344 g/mol. The minimum absolute atomic E-state index is 0.00112. The monoisotopic (exact) mass is 344 g/mol. The van der Waals surface area contributed by atoms with Crippen molar-refractivity contribution in [3.05, 3.63) is 28.8 Å². The van der Waals surface area contributed by atoms with Crippen molar-refractivity contribution in [1.82, 2.24) is 5.32 Å². The molecule has 25 heavy (non-hydrogen) atoms. The Kier molecular flexibility index (Phi) is 5.91. The molecule has 0 bridgehead atoms. The molecule has 0 aliphatic heterocycles. The van der Waals surface area contributed by atoms with Crippen LogP contribution in [-0.2, 0) is 9.59 Å². The van der Waals surface area contributed by atoms with Crippen molar-refractivity contribution < 1.29 is 9.59 Å². The molecule has 4 nitrogen and oxygen atoms in total. The van der Waals surface area contributed by atoms with Gasteiger partial charge in [0, 0.05) is 23.1 Å². The summed E-state index contributed by atoms with van der Waals surface area (Å²) in [5.41, 5.74) is 4.14. The second kappa shape index (κ2) is 7.59. The van der Waals surface area contributed by atoms with Crippen LogP contribution in [0.5, 0.6) is 0 Å². The Morgan fingerprint density at radius 1 is 0.880 bits per heavy atom. The van der Waals surface area contributed by atoms with E-state index in [0.29, 0.717) is 0 Å². The van der Waals surface area contributed by atoms with Crippen LogP contribution in [0.1, 0.15) is 63.1 Å². The summed E-state index contributed by atoms with van der Waals surface area (Å²) in [6.07, 6.45) is 3.12. The minimum Gasteiger partial charge on any atom is -0.351 e. The zero-order valence-electron chi connectivity index (χ0n) is 16.5. The van der Waals surface area contributed by atoms with Gasteiger partial charge in [-0.2, -0.15) is 0 Å². The quantitative estimate of drug-likeness (QED) is 0.860. The van der Waals surface area contributed by atoms with Gasteiger partial charge in [-0.3, -0.25) is 9.59 Å². The van der Waals surface area contributed by atoms with Crippen LogP contribution >= 0.6 is 0 Å². The minimum atomic E-state index is -0.203. The van der Waals surface area contributed by atoms with E-state index >= 15 is 0 Å². The predicted octanol–water partition coefficient (Wildman–Crippen LogP) is 4.27. The van der Waals surface area contributed by atoms with E-state index in [4.69, 9.17) is 0 Å². The van der Waals surface area contributed by atoms with Crippen molar-refractivity contribution >= 4 is 17.5 Å². The third kappa shape index (κ3) is 5.32. The number of hydrogen-bond acceptors (Lipinski definition) is 2. The third-order valence-corrected chi connectivity index (χ3v) is 4.89. The number of rotatable bonds is 3. The fourth-order valence-corrected chi connectivity index (χ4v) is 3.69. The van der Waals surface area contributed by atoms with Gasteiger partial charge in [0.15, 0.2) is 0 Å². The number of aryl methyl sites for hydroxylation is 3. The largest absolute Gasteiger partial charge is 0.351 e. The Bertz CT molecular complexity index is 627. The molecule has 0 atom stereocenters. The van der Waals surface area contributed by atoms with E-state index in [9.17, 15) is 9.59 Å². The summed E-state index contributed by atoms with van der Waals surface area (Å²) >= 11 is 0. The van der Waals surface area contributed by atoms with E-state index in [0.717, 1.165) is 42.5 Å². The highest BCUT2D eigenvalue weighted by Crippen LogP contribution is 2.31. The predicted molar refractivity (Wildman–Crippen MR) is 103 cm³/mol. The number of benzene rings is 1. The van der Waals surface area contributed by atoms with Gasteiger partial charge in [0.25, 0.3) is 0 Å². The lowest BCUT2D eigenvalue weighted by Gasteiger charge is -2.30. The summed E-state index contributed by atoms with van der Waals surface area (Å²) < 4.78 is 0. The summed E-state index contributed by atoms with van der Waals surface area (Å²) in [6, 6.07) is 4.19. The normalized spacial score (nSPS) is 20.9. The van der Waals surface area contributed by atoms with Crippen LogP contribution in [0, 0.1) is 32.6 Å². The maximum atomic E-state index is 12.7. The molecule has 0 heterocycles. The molecule has 0 radical (unpaired) electrons. The van der Waals surface area contributed by atoms with E-state index in [1.165, 1.54) is 5.56 Å². The highest BCUT2D eigenvalue weighted by molar-refractivity contribution is 5.94. The van der Waals surface area contributed by atoms with Crippen molar-refractivity contribution in [2.24, 2.45) is 11.8 Å². The lowest BCUT2D eigenvalue weighted by molar-refractivity contribution is -0.129. The standard InChI is InChI=1S/C21H32N2O2/c1-13-11-14(2)18(15(3)12-13)22-19(24)16-7-9-17(10-8-16)20(25)23-21(4,5)6/h11-12,16-17H,7-10H2,1-6H3,(H,22,24)(H,23,25). The molecule has 2 rings (SSSR count). The summed E-state index contributed by atoms with van der Waals surface area (Å²) in [5.74, 6) is 0.242.